The highest BCUT2D eigenvalue weighted by Gasteiger charge is 2.19. The number of aromatic nitrogens is 3. The van der Waals surface area contributed by atoms with Crippen molar-refractivity contribution in [2.24, 2.45) is 7.05 Å². The van der Waals surface area contributed by atoms with E-state index in [1.54, 1.807) is 6.07 Å². The third kappa shape index (κ3) is 6.24. The SMILES string of the molecule is CC(Sc1nnc(COc2ccccc2Cl)n1C)C(=O)NCCC1=CCCCC1. The summed E-state index contributed by atoms with van der Waals surface area (Å²) >= 11 is 7.50. The number of carbonyl (C=O) groups excluding carboxylic acids is 1. The number of hydrogen-bond donors (Lipinski definition) is 1. The first-order valence-electron chi connectivity index (χ1n) is 9.92. The third-order valence-corrected chi connectivity index (χ3v) is 6.35. The van der Waals surface area contributed by atoms with Gasteiger partial charge in [0.25, 0.3) is 0 Å². The Bertz CT molecular complexity index is 868. The number of carbonyl (C=O) groups is 1. The van der Waals surface area contributed by atoms with Crippen LogP contribution in [0.25, 0.3) is 0 Å². The number of rotatable bonds is 9. The van der Waals surface area contributed by atoms with Gasteiger partial charge in [-0.05, 0) is 51.2 Å². The molecular formula is C21H27ClN4O2S. The van der Waals surface area contributed by atoms with Gasteiger partial charge in [-0.15, -0.1) is 10.2 Å². The summed E-state index contributed by atoms with van der Waals surface area (Å²) in [5.74, 6) is 1.29. The lowest BCUT2D eigenvalue weighted by atomic mass is 9.97. The predicted molar refractivity (Wildman–Crippen MR) is 116 cm³/mol. The van der Waals surface area contributed by atoms with Gasteiger partial charge in [0.05, 0.1) is 10.3 Å². The largest absolute Gasteiger partial charge is 0.484 e. The molecule has 0 fully saturated rings. The van der Waals surface area contributed by atoms with E-state index in [9.17, 15) is 4.79 Å². The molecule has 1 aromatic heterocycles. The minimum Gasteiger partial charge on any atom is -0.484 e. The van der Waals surface area contributed by atoms with Gasteiger partial charge in [-0.2, -0.15) is 0 Å². The van der Waals surface area contributed by atoms with Crippen LogP contribution in [0.2, 0.25) is 5.02 Å². The number of allylic oxidation sites excluding steroid dienone is 1. The van der Waals surface area contributed by atoms with Gasteiger partial charge in [0.1, 0.15) is 12.4 Å². The zero-order valence-electron chi connectivity index (χ0n) is 16.9. The van der Waals surface area contributed by atoms with E-state index in [0.717, 1.165) is 12.8 Å². The number of benzene rings is 1. The number of nitrogens with zero attached hydrogens (tertiary/aromatic N) is 3. The molecule has 1 N–H and O–H groups in total. The second-order valence-electron chi connectivity index (χ2n) is 7.09. The quantitative estimate of drug-likeness (QED) is 0.463. The summed E-state index contributed by atoms with van der Waals surface area (Å²) in [5, 5.41) is 12.4. The molecule has 1 aromatic carbocycles. The summed E-state index contributed by atoms with van der Waals surface area (Å²) < 4.78 is 7.58. The van der Waals surface area contributed by atoms with Crippen LogP contribution in [0.1, 0.15) is 44.9 Å². The molecule has 0 saturated heterocycles. The Hall–Kier alpha value is -1.99. The van der Waals surface area contributed by atoms with Crippen LogP contribution in [-0.2, 0) is 18.4 Å². The molecule has 2 aromatic rings. The Balaban J connectivity index is 1.47. The van der Waals surface area contributed by atoms with Crippen molar-refractivity contribution in [2.45, 2.75) is 56.0 Å². The molecule has 0 aliphatic heterocycles. The summed E-state index contributed by atoms with van der Waals surface area (Å²) in [6, 6.07) is 7.30. The molecule has 1 atom stereocenters. The summed E-state index contributed by atoms with van der Waals surface area (Å²) in [5.41, 5.74) is 1.47. The van der Waals surface area contributed by atoms with Crippen molar-refractivity contribution in [1.82, 2.24) is 20.1 Å². The van der Waals surface area contributed by atoms with Gasteiger partial charge in [-0.25, -0.2) is 0 Å². The van der Waals surface area contributed by atoms with E-state index >= 15 is 0 Å². The van der Waals surface area contributed by atoms with Crippen LogP contribution in [0.3, 0.4) is 0 Å². The zero-order valence-corrected chi connectivity index (χ0v) is 18.4. The van der Waals surface area contributed by atoms with Gasteiger partial charge in [0.2, 0.25) is 5.91 Å². The molecule has 0 radical (unpaired) electrons. The van der Waals surface area contributed by atoms with E-state index in [1.165, 1.54) is 36.6 Å². The molecule has 1 aliphatic carbocycles. The van der Waals surface area contributed by atoms with Crippen molar-refractivity contribution in [1.29, 1.82) is 0 Å². The van der Waals surface area contributed by atoms with Gasteiger partial charge >= 0.3 is 0 Å². The molecule has 0 saturated carbocycles. The molecule has 8 heteroatoms. The van der Waals surface area contributed by atoms with Gasteiger partial charge in [0.15, 0.2) is 11.0 Å². The molecule has 156 valence electrons. The smallest absolute Gasteiger partial charge is 0.233 e. The van der Waals surface area contributed by atoms with E-state index in [0.29, 0.717) is 28.3 Å². The van der Waals surface area contributed by atoms with Crippen LogP contribution in [0.15, 0.2) is 41.1 Å². The monoisotopic (exact) mass is 434 g/mol. The lowest BCUT2D eigenvalue weighted by molar-refractivity contribution is -0.120. The third-order valence-electron chi connectivity index (χ3n) is 4.90. The van der Waals surface area contributed by atoms with Gasteiger partial charge < -0.3 is 14.6 Å². The van der Waals surface area contributed by atoms with Gasteiger partial charge in [-0.1, -0.05) is 47.1 Å². The predicted octanol–water partition coefficient (Wildman–Crippen LogP) is 4.53. The summed E-state index contributed by atoms with van der Waals surface area (Å²) in [7, 11) is 1.87. The average molecular weight is 435 g/mol. The Morgan fingerprint density at radius 1 is 1.34 bits per heavy atom. The average Bonchev–Trinajstić information content (AvgIpc) is 3.07. The first-order valence-corrected chi connectivity index (χ1v) is 11.2. The lowest BCUT2D eigenvalue weighted by Crippen LogP contribution is -2.32. The number of amides is 1. The Labute approximate surface area is 181 Å². The second-order valence-corrected chi connectivity index (χ2v) is 8.80. The van der Waals surface area contributed by atoms with Crippen molar-refractivity contribution < 1.29 is 9.53 Å². The number of para-hydroxylation sites is 1. The molecule has 1 unspecified atom stereocenters. The van der Waals surface area contributed by atoms with Crippen LogP contribution in [-0.4, -0.2) is 32.5 Å². The molecule has 6 nitrogen and oxygen atoms in total. The van der Waals surface area contributed by atoms with E-state index in [2.05, 4.69) is 21.6 Å². The molecule has 3 rings (SSSR count). The number of thioether (sulfide) groups is 1. The van der Waals surface area contributed by atoms with Crippen LogP contribution >= 0.6 is 23.4 Å². The van der Waals surface area contributed by atoms with Crippen molar-refractivity contribution in [3.05, 3.63) is 46.8 Å². The van der Waals surface area contributed by atoms with Crippen LogP contribution in [0, 0.1) is 0 Å². The minimum atomic E-state index is -0.254. The van der Waals surface area contributed by atoms with Gasteiger partial charge in [0, 0.05) is 13.6 Å². The standard InChI is InChI=1S/C21H27ClN4O2S/c1-15(20(27)23-13-12-16-8-4-3-5-9-16)29-21-25-24-19(26(21)2)14-28-18-11-7-6-10-17(18)22/h6-8,10-11,15H,3-5,9,12-14H2,1-2H3,(H,23,27). The summed E-state index contributed by atoms with van der Waals surface area (Å²) in [4.78, 5) is 12.4. The van der Waals surface area contributed by atoms with Crippen LogP contribution in [0.5, 0.6) is 5.75 Å². The van der Waals surface area contributed by atoms with Crippen LogP contribution < -0.4 is 10.1 Å². The van der Waals surface area contributed by atoms with E-state index < -0.39 is 0 Å². The van der Waals surface area contributed by atoms with Crippen molar-refractivity contribution in [2.75, 3.05) is 6.54 Å². The molecule has 1 amide bonds. The topological polar surface area (TPSA) is 69.0 Å². The fourth-order valence-corrected chi connectivity index (χ4v) is 4.16. The molecule has 0 bridgehead atoms. The van der Waals surface area contributed by atoms with E-state index in [1.807, 2.05) is 36.7 Å². The van der Waals surface area contributed by atoms with E-state index in [-0.39, 0.29) is 17.8 Å². The zero-order chi connectivity index (χ0) is 20.6. The highest BCUT2D eigenvalue weighted by atomic mass is 35.5. The van der Waals surface area contributed by atoms with E-state index in [4.69, 9.17) is 16.3 Å². The summed E-state index contributed by atoms with van der Waals surface area (Å²) in [6.07, 6.45) is 8.14. The highest BCUT2D eigenvalue weighted by Crippen LogP contribution is 2.25. The molecule has 0 spiro atoms. The fraction of sp³-hybridized carbons (Fsp3) is 0.476. The maximum atomic E-state index is 12.4. The number of hydrogen-bond acceptors (Lipinski definition) is 5. The maximum Gasteiger partial charge on any atom is 0.233 e. The first kappa shape index (κ1) is 21.7. The molecule has 1 heterocycles. The van der Waals surface area contributed by atoms with Crippen molar-refractivity contribution >= 4 is 29.3 Å². The maximum absolute atomic E-state index is 12.4. The molecule has 1 aliphatic rings. The second kappa shape index (κ2) is 10.7. The number of nitrogens with one attached hydrogen (secondary N) is 1. The Morgan fingerprint density at radius 2 is 2.17 bits per heavy atom. The molecule has 29 heavy (non-hydrogen) atoms. The Kier molecular flexibility index (Phi) is 8.00. The summed E-state index contributed by atoms with van der Waals surface area (Å²) in [6.45, 7) is 2.82. The minimum absolute atomic E-state index is 0.0169. The van der Waals surface area contributed by atoms with Crippen molar-refractivity contribution in [3.63, 3.8) is 0 Å². The lowest BCUT2D eigenvalue weighted by Gasteiger charge is -2.15. The van der Waals surface area contributed by atoms with Gasteiger partial charge in [-0.3, -0.25) is 4.79 Å². The normalized spacial score (nSPS) is 14.9. The number of ether oxygens (including phenoxy) is 1. The highest BCUT2D eigenvalue weighted by molar-refractivity contribution is 8.00. The van der Waals surface area contributed by atoms with Crippen LogP contribution in [0.4, 0.5) is 0 Å². The number of halogens is 1. The fourth-order valence-electron chi connectivity index (χ4n) is 3.11. The first-order chi connectivity index (χ1) is 14.0. The Morgan fingerprint density at radius 3 is 2.93 bits per heavy atom. The molecular weight excluding hydrogens is 408 g/mol. The van der Waals surface area contributed by atoms with Crippen molar-refractivity contribution in [3.8, 4) is 5.75 Å².